The molecule has 1 rings (SSSR count). The summed E-state index contributed by atoms with van der Waals surface area (Å²) in [5.41, 5.74) is 0. The molecule has 0 nitrogen and oxygen atoms in total. The van der Waals surface area contributed by atoms with E-state index < -0.39 is 0 Å². The van der Waals surface area contributed by atoms with E-state index in [0.29, 0.717) is 10.2 Å². The van der Waals surface area contributed by atoms with E-state index in [-0.39, 0.29) is 0 Å². The molecule has 0 aromatic rings. The summed E-state index contributed by atoms with van der Waals surface area (Å²) >= 11 is 9.44. The molecule has 0 aromatic carbocycles. The van der Waals surface area contributed by atoms with Crippen LogP contribution in [-0.4, -0.2) is 10.2 Å². The van der Waals surface area contributed by atoms with Crippen LogP contribution in [0.4, 0.5) is 0 Å². The van der Waals surface area contributed by atoms with Gasteiger partial charge >= 0.3 is 0 Å². The fraction of sp³-hybridized carbons (Fsp3) is 1.00. The maximum Gasteiger partial charge on any atom is 0.0461 e. The first-order valence-corrected chi connectivity index (χ1v) is 4.44. The Kier molecular flexibility index (Phi) is 2.64. The second-order valence-corrected chi connectivity index (χ2v) is 4.05. The van der Waals surface area contributed by atoms with E-state index in [1.807, 2.05) is 0 Å². The Balaban J connectivity index is 2.28. The molecule has 2 atom stereocenters. The van der Waals surface area contributed by atoms with Crippen molar-refractivity contribution in [2.45, 2.75) is 35.9 Å². The van der Waals surface area contributed by atoms with Gasteiger partial charge in [0.25, 0.3) is 0 Å². The molecule has 2 unspecified atom stereocenters. The fourth-order valence-corrected chi connectivity index (χ4v) is 1.91. The minimum Gasteiger partial charge on any atom is -0.122 e. The van der Waals surface area contributed by atoms with Crippen LogP contribution in [0.25, 0.3) is 0 Å². The zero-order chi connectivity index (χ0) is 5.98. The molecule has 0 N–H and O–H groups in total. The van der Waals surface area contributed by atoms with Crippen LogP contribution in [0.1, 0.15) is 25.7 Å². The van der Waals surface area contributed by atoms with Crippen LogP contribution >= 0.6 is 27.5 Å². The Morgan fingerprint density at radius 1 is 1.25 bits per heavy atom. The topological polar surface area (TPSA) is 0 Å². The number of hydrogen-bond acceptors (Lipinski definition) is 0. The Labute approximate surface area is 63.7 Å². The summed E-state index contributed by atoms with van der Waals surface area (Å²) in [5, 5.41) is 0.392. The maximum absolute atomic E-state index is 5.92. The van der Waals surface area contributed by atoms with Gasteiger partial charge in [-0.1, -0.05) is 28.8 Å². The smallest absolute Gasteiger partial charge is 0.0461 e. The molecule has 0 amide bonds. The summed E-state index contributed by atoms with van der Waals surface area (Å²) < 4.78 is 0. The molecule has 0 saturated heterocycles. The van der Waals surface area contributed by atoms with Crippen molar-refractivity contribution in [1.29, 1.82) is 0 Å². The van der Waals surface area contributed by atoms with Gasteiger partial charge in [-0.05, 0) is 12.8 Å². The van der Waals surface area contributed by atoms with Crippen LogP contribution in [0.5, 0.6) is 0 Å². The molecule has 2 heteroatoms. The molecule has 1 aliphatic rings. The first-order chi connectivity index (χ1) is 3.80. The predicted molar refractivity (Wildman–Crippen MR) is 40.8 cm³/mol. The molecular weight excluding hydrogens is 187 g/mol. The van der Waals surface area contributed by atoms with Crippen LogP contribution in [0.15, 0.2) is 0 Å². The SMILES string of the molecule is ClC1CCCCC1Br. The number of alkyl halides is 2. The third-order valence-corrected chi connectivity index (χ3v) is 3.53. The molecule has 1 saturated carbocycles. The summed E-state index contributed by atoms with van der Waals surface area (Å²) in [5.74, 6) is 0. The van der Waals surface area contributed by atoms with Gasteiger partial charge < -0.3 is 0 Å². The van der Waals surface area contributed by atoms with Gasteiger partial charge in [0.2, 0.25) is 0 Å². The van der Waals surface area contributed by atoms with Crippen molar-refractivity contribution in [2.24, 2.45) is 0 Å². The van der Waals surface area contributed by atoms with E-state index in [1.54, 1.807) is 0 Å². The summed E-state index contributed by atoms with van der Waals surface area (Å²) in [6.45, 7) is 0. The molecule has 0 spiro atoms. The van der Waals surface area contributed by atoms with E-state index in [0.717, 1.165) is 0 Å². The lowest BCUT2D eigenvalue weighted by Crippen LogP contribution is -2.18. The van der Waals surface area contributed by atoms with E-state index in [1.165, 1.54) is 25.7 Å². The van der Waals surface area contributed by atoms with Crippen molar-refractivity contribution in [1.82, 2.24) is 0 Å². The Morgan fingerprint density at radius 3 is 2.25 bits per heavy atom. The van der Waals surface area contributed by atoms with E-state index >= 15 is 0 Å². The molecule has 0 bridgehead atoms. The fourth-order valence-electron chi connectivity index (χ4n) is 1.04. The third kappa shape index (κ3) is 1.63. The first-order valence-electron chi connectivity index (χ1n) is 3.09. The van der Waals surface area contributed by atoms with Gasteiger partial charge in [-0.25, -0.2) is 0 Å². The van der Waals surface area contributed by atoms with E-state index in [9.17, 15) is 0 Å². The largest absolute Gasteiger partial charge is 0.122 e. The quantitative estimate of drug-likeness (QED) is 0.524. The van der Waals surface area contributed by atoms with Crippen molar-refractivity contribution in [3.8, 4) is 0 Å². The van der Waals surface area contributed by atoms with Crippen LogP contribution < -0.4 is 0 Å². The normalized spacial score (nSPS) is 39.8. The van der Waals surface area contributed by atoms with Crippen molar-refractivity contribution >= 4 is 27.5 Å². The van der Waals surface area contributed by atoms with Crippen LogP contribution in [-0.2, 0) is 0 Å². The average Bonchev–Trinajstić information content (AvgIpc) is 1.77. The monoisotopic (exact) mass is 196 g/mol. The average molecular weight is 198 g/mol. The van der Waals surface area contributed by atoms with E-state index in [2.05, 4.69) is 15.9 Å². The summed E-state index contributed by atoms with van der Waals surface area (Å²) in [6.07, 6.45) is 5.11. The number of halogens is 2. The molecular formula is C6H10BrCl. The lowest BCUT2D eigenvalue weighted by Gasteiger charge is -2.20. The lowest BCUT2D eigenvalue weighted by atomic mass is 10.0. The van der Waals surface area contributed by atoms with Crippen molar-refractivity contribution < 1.29 is 0 Å². The van der Waals surface area contributed by atoms with Gasteiger partial charge in [0, 0.05) is 10.2 Å². The Bertz CT molecular complexity index is 64.9. The van der Waals surface area contributed by atoms with Gasteiger partial charge in [-0.3, -0.25) is 0 Å². The van der Waals surface area contributed by atoms with Crippen molar-refractivity contribution in [2.75, 3.05) is 0 Å². The molecule has 1 fully saturated rings. The minimum atomic E-state index is 0.392. The molecule has 0 heterocycles. The highest BCUT2D eigenvalue weighted by Crippen LogP contribution is 2.27. The molecule has 1 aliphatic carbocycles. The van der Waals surface area contributed by atoms with Gasteiger partial charge in [0.05, 0.1) is 0 Å². The lowest BCUT2D eigenvalue weighted by molar-refractivity contribution is 0.528. The predicted octanol–water partition coefficient (Wildman–Crippen LogP) is 2.93. The second-order valence-electron chi connectivity index (χ2n) is 2.32. The van der Waals surface area contributed by atoms with Gasteiger partial charge in [-0.2, -0.15) is 0 Å². The highest BCUT2D eigenvalue weighted by molar-refractivity contribution is 9.09. The van der Waals surface area contributed by atoms with Gasteiger partial charge in [-0.15, -0.1) is 11.6 Å². The molecule has 0 aromatic heterocycles. The first kappa shape index (κ1) is 6.88. The molecule has 0 radical (unpaired) electrons. The van der Waals surface area contributed by atoms with Crippen LogP contribution in [0.2, 0.25) is 0 Å². The summed E-state index contributed by atoms with van der Waals surface area (Å²) in [4.78, 5) is 0.581. The highest BCUT2D eigenvalue weighted by Gasteiger charge is 2.19. The van der Waals surface area contributed by atoms with Crippen LogP contribution in [0.3, 0.4) is 0 Å². The maximum atomic E-state index is 5.92. The summed E-state index contributed by atoms with van der Waals surface area (Å²) in [6, 6.07) is 0. The van der Waals surface area contributed by atoms with Crippen LogP contribution in [0, 0.1) is 0 Å². The van der Waals surface area contributed by atoms with Crippen molar-refractivity contribution in [3.05, 3.63) is 0 Å². The number of rotatable bonds is 0. The zero-order valence-electron chi connectivity index (χ0n) is 4.74. The second kappa shape index (κ2) is 3.07. The minimum absolute atomic E-state index is 0.392. The van der Waals surface area contributed by atoms with Crippen molar-refractivity contribution in [3.63, 3.8) is 0 Å². The molecule has 0 aliphatic heterocycles. The summed E-state index contributed by atoms with van der Waals surface area (Å²) in [7, 11) is 0. The molecule has 8 heavy (non-hydrogen) atoms. The Hall–Kier alpha value is 0.770. The third-order valence-electron chi connectivity index (χ3n) is 1.60. The number of hydrogen-bond donors (Lipinski definition) is 0. The van der Waals surface area contributed by atoms with Gasteiger partial charge in [0.15, 0.2) is 0 Å². The standard InChI is InChI=1S/C6H10BrCl/c7-5-3-1-2-4-6(5)8/h5-6H,1-4H2. The highest BCUT2D eigenvalue weighted by atomic mass is 79.9. The molecule has 48 valence electrons. The zero-order valence-corrected chi connectivity index (χ0v) is 7.08. The van der Waals surface area contributed by atoms with E-state index in [4.69, 9.17) is 11.6 Å². The Morgan fingerprint density at radius 2 is 1.88 bits per heavy atom. The van der Waals surface area contributed by atoms with Gasteiger partial charge in [0.1, 0.15) is 0 Å².